The zero-order valence-corrected chi connectivity index (χ0v) is 15.5. The number of carbonyl (C=O) groups excluding carboxylic acids is 1. The fourth-order valence-electron chi connectivity index (χ4n) is 3.32. The van der Waals surface area contributed by atoms with E-state index in [4.69, 9.17) is 10.5 Å². The summed E-state index contributed by atoms with van der Waals surface area (Å²) in [7, 11) is 0. The summed E-state index contributed by atoms with van der Waals surface area (Å²) >= 11 is 0. The summed E-state index contributed by atoms with van der Waals surface area (Å²) in [6.45, 7) is 4.91. The third kappa shape index (κ3) is 4.71. The smallest absolute Gasteiger partial charge is 0.244 e. The number of hydrogen-bond acceptors (Lipinski definition) is 4. The zero-order chi connectivity index (χ0) is 19.3. The van der Waals surface area contributed by atoms with Crippen molar-refractivity contribution in [3.63, 3.8) is 0 Å². The van der Waals surface area contributed by atoms with Gasteiger partial charge in [-0.25, -0.2) is 4.39 Å². The van der Waals surface area contributed by atoms with E-state index in [-0.39, 0.29) is 17.8 Å². The number of amides is 1. The van der Waals surface area contributed by atoms with Crippen molar-refractivity contribution in [1.29, 1.82) is 0 Å². The molecule has 6 heteroatoms. The molecule has 0 aliphatic carbocycles. The van der Waals surface area contributed by atoms with Gasteiger partial charge in [0.2, 0.25) is 5.91 Å². The summed E-state index contributed by atoms with van der Waals surface area (Å²) in [6, 6.07) is 15.7. The van der Waals surface area contributed by atoms with Crippen molar-refractivity contribution in [2.45, 2.75) is 18.5 Å². The Labute approximate surface area is 159 Å². The molecular weight excluding hydrogens is 345 g/mol. The Kier molecular flexibility index (Phi) is 6.21. The normalized spacial score (nSPS) is 18.5. The number of ether oxygens (including phenoxy) is 1. The molecular formula is C21H26FN3O2. The first-order chi connectivity index (χ1) is 13.0. The molecule has 1 aliphatic heterocycles. The number of nitrogens with one attached hydrogen (secondary N) is 1. The standard InChI is InChI=1S/C21H26FN3O2/c1-21(23,17-5-3-2-4-6-17)20(26)24-15-19(25-11-13-27-14-12-25)16-7-9-18(22)10-8-16/h2-10,19H,11-15,23H2,1H3,(H,24,26). The van der Waals surface area contributed by atoms with Gasteiger partial charge in [0.1, 0.15) is 11.4 Å². The maximum atomic E-state index is 13.3. The molecule has 1 fully saturated rings. The number of halogens is 1. The average molecular weight is 371 g/mol. The number of benzene rings is 2. The van der Waals surface area contributed by atoms with Gasteiger partial charge in [-0.2, -0.15) is 0 Å². The van der Waals surface area contributed by atoms with Gasteiger partial charge in [0.05, 0.1) is 19.3 Å². The van der Waals surface area contributed by atoms with E-state index in [1.54, 1.807) is 19.1 Å². The predicted molar refractivity (Wildman–Crippen MR) is 103 cm³/mol. The van der Waals surface area contributed by atoms with Gasteiger partial charge in [-0.3, -0.25) is 9.69 Å². The van der Waals surface area contributed by atoms with Crippen molar-refractivity contribution in [2.24, 2.45) is 5.73 Å². The molecule has 2 unspecified atom stereocenters. The largest absolute Gasteiger partial charge is 0.379 e. The van der Waals surface area contributed by atoms with Crippen LogP contribution in [0.15, 0.2) is 54.6 Å². The molecule has 0 spiro atoms. The Morgan fingerprint density at radius 1 is 1.19 bits per heavy atom. The van der Waals surface area contributed by atoms with E-state index in [2.05, 4.69) is 10.2 Å². The number of nitrogens with two attached hydrogens (primary N) is 1. The van der Waals surface area contributed by atoms with Crippen LogP contribution < -0.4 is 11.1 Å². The van der Waals surface area contributed by atoms with Gasteiger partial charge < -0.3 is 15.8 Å². The Morgan fingerprint density at radius 2 is 1.81 bits per heavy atom. The second-order valence-corrected chi connectivity index (χ2v) is 6.99. The molecule has 5 nitrogen and oxygen atoms in total. The van der Waals surface area contributed by atoms with Gasteiger partial charge in [0.25, 0.3) is 0 Å². The van der Waals surface area contributed by atoms with Crippen molar-refractivity contribution in [2.75, 3.05) is 32.8 Å². The van der Waals surface area contributed by atoms with Crippen molar-refractivity contribution < 1.29 is 13.9 Å². The van der Waals surface area contributed by atoms with Crippen LogP contribution in [0, 0.1) is 5.82 Å². The fourth-order valence-corrected chi connectivity index (χ4v) is 3.32. The maximum absolute atomic E-state index is 13.3. The lowest BCUT2D eigenvalue weighted by molar-refractivity contribution is -0.126. The molecule has 3 rings (SSSR count). The van der Waals surface area contributed by atoms with E-state index in [0.717, 1.165) is 24.2 Å². The minimum Gasteiger partial charge on any atom is -0.379 e. The SMILES string of the molecule is CC(N)(C(=O)NCC(c1ccc(F)cc1)N1CCOCC1)c1ccccc1. The second-order valence-electron chi connectivity index (χ2n) is 6.99. The third-order valence-corrected chi connectivity index (χ3v) is 5.04. The van der Waals surface area contributed by atoms with Crippen LogP contribution in [0.1, 0.15) is 24.1 Å². The molecule has 3 N–H and O–H groups in total. The Morgan fingerprint density at radius 3 is 2.44 bits per heavy atom. The van der Waals surface area contributed by atoms with Gasteiger partial charge in [-0.05, 0) is 30.2 Å². The topological polar surface area (TPSA) is 67.6 Å². The van der Waals surface area contributed by atoms with Crippen LogP contribution in [0.5, 0.6) is 0 Å². The minimum absolute atomic E-state index is 0.0648. The number of rotatable bonds is 6. The Hall–Kier alpha value is -2.28. The summed E-state index contributed by atoms with van der Waals surface area (Å²) in [5, 5.41) is 2.99. The first-order valence-electron chi connectivity index (χ1n) is 9.18. The molecule has 2 aromatic carbocycles. The first kappa shape index (κ1) is 19.5. The van der Waals surface area contributed by atoms with E-state index >= 15 is 0 Å². The van der Waals surface area contributed by atoms with Crippen molar-refractivity contribution >= 4 is 5.91 Å². The summed E-state index contributed by atoms with van der Waals surface area (Å²) in [5.74, 6) is -0.517. The average Bonchev–Trinajstić information content (AvgIpc) is 2.70. The molecule has 1 heterocycles. The quantitative estimate of drug-likeness (QED) is 0.817. The molecule has 1 aliphatic rings. The molecule has 2 atom stereocenters. The van der Waals surface area contributed by atoms with Gasteiger partial charge in [-0.1, -0.05) is 42.5 Å². The fraction of sp³-hybridized carbons (Fsp3) is 0.381. The van der Waals surface area contributed by atoms with E-state index in [9.17, 15) is 9.18 Å². The minimum atomic E-state index is -1.13. The molecule has 1 saturated heterocycles. The highest BCUT2D eigenvalue weighted by molar-refractivity contribution is 5.87. The number of morpholine rings is 1. The molecule has 1 amide bonds. The Balaban J connectivity index is 1.74. The summed E-state index contributed by atoms with van der Waals surface area (Å²) in [5.41, 5.74) is 6.90. The maximum Gasteiger partial charge on any atom is 0.244 e. The summed E-state index contributed by atoms with van der Waals surface area (Å²) in [4.78, 5) is 15.0. The summed E-state index contributed by atoms with van der Waals surface area (Å²) < 4.78 is 18.8. The van der Waals surface area contributed by atoms with Crippen LogP contribution in [0.4, 0.5) is 4.39 Å². The molecule has 0 aromatic heterocycles. The Bertz CT molecular complexity index is 744. The molecule has 0 saturated carbocycles. The second kappa shape index (κ2) is 8.61. The molecule has 0 bridgehead atoms. The lowest BCUT2D eigenvalue weighted by atomic mass is 9.92. The monoisotopic (exact) mass is 371 g/mol. The van der Waals surface area contributed by atoms with E-state index < -0.39 is 5.54 Å². The van der Waals surface area contributed by atoms with E-state index in [0.29, 0.717) is 19.8 Å². The molecule has 144 valence electrons. The molecule has 2 aromatic rings. The molecule has 0 radical (unpaired) electrons. The van der Waals surface area contributed by atoms with E-state index in [1.807, 2.05) is 30.3 Å². The lowest BCUT2D eigenvalue weighted by Gasteiger charge is -2.35. The predicted octanol–water partition coefficient (Wildman–Crippen LogP) is 2.19. The van der Waals surface area contributed by atoms with Crippen LogP contribution in [0.25, 0.3) is 0 Å². The van der Waals surface area contributed by atoms with Crippen molar-refractivity contribution in [3.8, 4) is 0 Å². The van der Waals surface area contributed by atoms with Crippen molar-refractivity contribution in [3.05, 3.63) is 71.5 Å². The first-order valence-corrected chi connectivity index (χ1v) is 9.18. The van der Waals surface area contributed by atoms with E-state index in [1.165, 1.54) is 12.1 Å². The highest BCUT2D eigenvalue weighted by Gasteiger charge is 2.31. The number of carbonyl (C=O) groups is 1. The number of hydrogen-bond donors (Lipinski definition) is 2. The summed E-state index contributed by atoms with van der Waals surface area (Å²) in [6.07, 6.45) is 0. The lowest BCUT2D eigenvalue weighted by Crippen LogP contribution is -2.51. The van der Waals surface area contributed by atoms with Gasteiger partial charge in [0, 0.05) is 19.6 Å². The van der Waals surface area contributed by atoms with Gasteiger partial charge >= 0.3 is 0 Å². The van der Waals surface area contributed by atoms with Gasteiger partial charge in [-0.15, -0.1) is 0 Å². The third-order valence-electron chi connectivity index (χ3n) is 5.04. The van der Waals surface area contributed by atoms with Crippen LogP contribution >= 0.6 is 0 Å². The number of nitrogens with zero attached hydrogens (tertiary/aromatic N) is 1. The van der Waals surface area contributed by atoms with Crippen LogP contribution in [-0.4, -0.2) is 43.7 Å². The molecule has 27 heavy (non-hydrogen) atoms. The van der Waals surface area contributed by atoms with Crippen LogP contribution in [-0.2, 0) is 15.1 Å². The van der Waals surface area contributed by atoms with Gasteiger partial charge in [0.15, 0.2) is 0 Å². The highest BCUT2D eigenvalue weighted by atomic mass is 19.1. The van der Waals surface area contributed by atoms with Crippen molar-refractivity contribution in [1.82, 2.24) is 10.2 Å². The highest BCUT2D eigenvalue weighted by Crippen LogP contribution is 2.23. The van der Waals surface area contributed by atoms with Crippen LogP contribution in [0.3, 0.4) is 0 Å². The van der Waals surface area contributed by atoms with Crippen LogP contribution in [0.2, 0.25) is 0 Å². The zero-order valence-electron chi connectivity index (χ0n) is 15.5.